The average molecular weight is 469 g/mol. The number of anilines is 1. The Bertz CT molecular complexity index is 947. The van der Waals surface area contributed by atoms with Gasteiger partial charge in [-0.1, -0.05) is 56.4 Å². The minimum absolute atomic E-state index is 0.375. The van der Waals surface area contributed by atoms with Crippen molar-refractivity contribution in [2.24, 2.45) is 0 Å². The van der Waals surface area contributed by atoms with Crippen LogP contribution in [0.2, 0.25) is 10.0 Å². The molecule has 0 spiro atoms. The van der Waals surface area contributed by atoms with E-state index in [9.17, 15) is 0 Å². The zero-order valence-electron chi connectivity index (χ0n) is 14.2. The van der Waals surface area contributed by atoms with E-state index in [1.807, 2.05) is 24.3 Å². The molecule has 1 N–H and O–H groups in total. The number of rotatable bonds is 8. The zero-order valence-corrected chi connectivity index (χ0v) is 17.3. The molecule has 9 heteroatoms. The summed E-state index contributed by atoms with van der Waals surface area (Å²) in [6.45, 7) is 5.09. The van der Waals surface area contributed by atoms with Crippen molar-refractivity contribution in [2.75, 3.05) is 5.32 Å². The van der Waals surface area contributed by atoms with E-state index in [0.717, 1.165) is 21.3 Å². The smallest absolute Gasteiger partial charge is 0.243 e. The first-order valence-corrected chi connectivity index (χ1v) is 9.58. The van der Waals surface area contributed by atoms with Gasteiger partial charge in [-0.2, -0.15) is 0 Å². The summed E-state index contributed by atoms with van der Waals surface area (Å²) in [5.74, 6) is 1.31. The fraction of sp³-hybridized carbons (Fsp3) is 0.167. The molecule has 0 aliphatic heterocycles. The number of nitrogens with zero attached hydrogens (tertiary/aromatic N) is 4. The normalized spacial score (nSPS) is 10.6. The maximum Gasteiger partial charge on any atom is 0.243 e. The predicted octanol–water partition coefficient (Wildman–Crippen LogP) is 5.12. The number of hydrogen-bond acceptors (Lipinski definition) is 5. The van der Waals surface area contributed by atoms with Crippen LogP contribution in [0.1, 0.15) is 11.1 Å². The van der Waals surface area contributed by atoms with Crippen molar-refractivity contribution in [2.45, 2.75) is 19.7 Å². The summed E-state index contributed by atoms with van der Waals surface area (Å²) in [7, 11) is 0. The van der Waals surface area contributed by atoms with E-state index in [4.69, 9.17) is 27.9 Å². The average Bonchev–Trinajstić information content (AvgIpc) is 3.09. The number of hydrogen-bond donors (Lipinski definition) is 1. The molecule has 27 heavy (non-hydrogen) atoms. The van der Waals surface area contributed by atoms with Gasteiger partial charge in [-0.05, 0) is 46.3 Å². The lowest BCUT2D eigenvalue weighted by molar-refractivity contribution is 0.303. The Morgan fingerprint density at radius 2 is 2.04 bits per heavy atom. The van der Waals surface area contributed by atoms with Crippen LogP contribution in [0.25, 0.3) is 0 Å². The largest absolute Gasteiger partial charge is 0.489 e. The van der Waals surface area contributed by atoms with Gasteiger partial charge in [0.15, 0.2) is 0 Å². The first kappa shape index (κ1) is 19.7. The van der Waals surface area contributed by atoms with Gasteiger partial charge >= 0.3 is 0 Å². The van der Waals surface area contributed by atoms with E-state index in [1.54, 1.807) is 22.9 Å². The van der Waals surface area contributed by atoms with E-state index in [-0.39, 0.29) is 0 Å². The molecule has 0 bridgehead atoms. The molecule has 1 aromatic heterocycles. The minimum atomic E-state index is 0.375. The van der Waals surface area contributed by atoms with Crippen molar-refractivity contribution in [1.29, 1.82) is 0 Å². The summed E-state index contributed by atoms with van der Waals surface area (Å²) in [4.78, 5) is 0. The van der Waals surface area contributed by atoms with E-state index in [0.29, 0.717) is 35.7 Å². The monoisotopic (exact) mass is 467 g/mol. The molecule has 6 nitrogen and oxygen atoms in total. The molecule has 0 saturated heterocycles. The van der Waals surface area contributed by atoms with Crippen LogP contribution in [0.4, 0.5) is 5.95 Å². The molecular formula is C18H16BrCl2N5O. The Morgan fingerprint density at radius 1 is 1.19 bits per heavy atom. The lowest BCUT2D eigenvalue weighted by Gasteiger charge is -2.13. The summed E-state index contributed by atoms with van der Waals surface area (Å²) in [5.41, 5.74) is 1.89. The maximum atomic E-state index is 6.06. The first-order valence-electron chi connectivity index (χ1n) is 8.03. The van der Waals surface area contributed by atoms with Crippen molar-refractivity contribution in [1.82, 2.24) is 20.2 Å². The molecule has 0 aliphatic rings. The molecule has 0 atom stereocenters. The SMILES string of the molecule is C=CCn1nnnc1NCc1cc(Br)ccc1OCc1ccc(Cl)c(Cl)c1. The van der Waals surface area contributed by atoms with Gasteiger partial charge in [0, 0.05) is 16.6 Å². The lowest BCUT2D eigenvalue weighted by atomic mass is 10.2. The van der Waals surface area contributed by atoms with Crippen LogP contribution in [-0.4, -0.2) is 20.2 Å². The van der Waals surface area contributed by atoms with Crippen LogP contribution in [-0.2, 0) is 19.7 Å². The van der Waals surface area contributed by atoms with Crippen LogP contribution in [0.5, 0.6) is 5.75 Å². The molecular weight excluding hydrogens is 453 g/mol. The van der Waals surface area contributed by atoms with Crippen molar-refractivity contribution in [3.05, 3.63) is 74.7 Å². The maximum absolute atomic E-state index is 6.06. The third-order valence-electron chi connectivity index (χ3n) is 3.67. The zero-order chi connectivity index (χ0) is 19.2. The van der Waals surface area contributed by atoms with E-state index in [1.165, 1.54) is 0 Å². The molecule has 0 saturated carbocycles. The van der Waals surface area contributed by atoms with Crippen LogP contribution >= 0.6 is 39.1 Å². The summed E-state index contributed by atoms with van der Waals surface area (Å²) < 4.78 is 8.56. The second-order valence-electron chi connectivity index (χ2n) is 5.62. The van der Waals surface area contributed by atoms with E-state index >= 15 is 0 Å². The molecule has 3 aromatic rings. The second-order valence-corrected chi connectivity index (χ2v) is 7.35. The van der Waals surface area contributed by atoms with Gasteiger partial charge in [-0.15, -0.1) is 6.58 Å². The molecule has 0 amide bonds. The van der Waals surface area contributed by atoms with E-state index in [2.05, 4.69) is 43.4 Å². The molecule has 0 unspecified atom stereocenters. The third kappa shape index (κ3) is 5.22. The highest BCUT2D eigenvalue weighted by molar-refractivity contribution is 9.10. The predicted molar refractivity (Wildman–Crippen MR) is 110 cm³/mol. The molecule has 140 valence electrons. The van der Waals surface area contributed by atoms with Gasteiger partial charge in [-0.3, -0.25) is 0 Å². The van der Waals surface area contributed by atoms with Gasteiger partial charge < -0.3 is 10.1 Å². The van der Waals surface area contributed by atoms with E-state index < -0.39 is 0 Å². The number of benzene rings is 2. The fourth-order valence-corrected chi connectivity index (χ4v) is 3.10. The highest BCUT2D eigenvalue weighted by atomic mass is 79.9. The highest BCUT2D eigenvalue weighted by Gasteiger charge is 2.09. The fourth-order valence-electron chi connectivity index (χ4n) is 2.37. The number of aromatic nitrogens is 4. The Hall–Kier alpha value is -2.09. The number of nitrogens with one attached hydrogen (secondary N) is 1. The second kappa shape index (κ2) is 9.21. The van der Waals surface area contributed by atoms with Crippen molar-refractivity contribution < 1.29 is 4.74 Å². The van der Waals surface area contributed by atoms with Gasteiger partial charge in [0.05, 0.1) is 16.6 Å². The van der Waals surface area contributed by atoms with Crippen molar-refractivity contribution in [3.8, 4) is 5.75 Å². The Labute approximate surface area is 175 Å². The van der Waals surface area contributed by atoms with Gasteiger partial charge in [0.1, 0.15) is 12.4 Å². The number of halogens is 3. The molecule has 0 fully saturated rings. The first-order chi connectivity index (χ1) is 13.1. The van der Waals surface area contributed by atoms with Crippen LogP contribution in [0.3, 0.4) is 0 Å². The quantitative estimate of drug-likeness (QED) is 0.465. The Kier molecular flexibility index (Phi) is 6.71. The van der Waals surface area contributed by atoms with Gasteiger partial charge in [0.25, 0.3) is 0 Å². The molecule has 3 rings (SSSR count). The van der Waals surface area contributed by atoms with Crippen molar-refractivity contribution in [3.63, 3.8) is 0 Å². The minimum Gasteiger partial charge on any atom is -0.489 e. The number of ether oxygens (including phenoxy) is 1. The summed E-state index contributed by atoms with van der Waals surface area (Å²) in [5, 5.41) is 15.8. The van der Waals surface area contributed by atoms with Gasteiger partial charge in [-0.25, -0.2) is 4.68 Å². The Morgan fingerprint density at radius 3 is 2.81 bits per heavy atom. The standard InChI is InChI=1S/C18H16BrCl2N5O/c1-2-7-26-18(23-24-25-26)22-10-13-9-14(19)4-6-17(13)27-11-12-3-5-15(20)16(21)8-12/h2-6,8-9H,1,7,10-11H2,(H,22,23,25). The summed E-state index contributed by atoms with van der Waals surface area (Å²) in [6.07, 6.45) is 1.73. The topological polar surface area (TPSA) is 64.9 Å². The highest BCUT2D eigenvalue weighted by Crippen LogP contribution is 2.27. The summed E-state index contributed by atoms with van der Waals surface area (Å²) >= 11 is 15.5. The molecule has 1 heterocycles. The summed E-state index contributed by atoms with van der Waals surface area (Å²) in [6, 6.07) is 11.3. The van der Waals surface area contributed by atoms with Crippen molar-refractivity contribution >= 4 is 45.1 Å². The third-order valence-corrected chi connectivity index (χ3v) is 4.90. The van der Waals surface area contributed by atoms with Crippen LogP contribution in [0, 0.1) is 0 Å². The number of allylic oxidation sites excluding steroid dienone is 1. The molecule has 0 radical (unpaired) electrons. The number of tetrazole rings is 1. The Balaban J connectivity index is 1.71. The van der Waals surface area contributed by atoms with Crippen LogP contribution in [0.15, 0.2) is 53.5 Å². The molecule has 0 aliphatic carbocycles. The van der Waals surface area contributed by atoms with Gasteiger partial charge in [0.2, 0.25) is 5.95 Å². The van der Waals surface area contributed by atoms with Crippen LogP contribution < -0.4 is 10.1 Å². The molecule has 2 aromatic carbocycles. The lowest BCUT2D eigenvalue weighted by Crippen LogP contribution is -2.09.